The van der Waals surface area contributed by atoms with Crippen LogP contribution in [0, 0.1) is 0 Å². The summed E-state index contributed by atoms with van der Waals surface area (Å²) in [5.41, 5.74) is -0.0518. The Morgan fingerprint density at radius 2 is 2.11 bits per heavy atom. The van der Waals surface area contributed by atoms with E-state index in [9.17, 15) is 13.2 Å². The van der Waals surface area contributed by atoms with Crippen LogP contribution in [0.3, 0.4) is 0 Å². The lowest BCUT2D eigenvalue weighted by molar-refractivity contribution is -0.136. The van der Waals surface area contributed by atoms with Crippen molar-refractivity contribution in [3.8, 4) is 5.75 Å². The van der Waals surface area contributed by atoms with Crippen molar-refractivity contribution >= 4 is 33.8 Å². The van der Waals surface area contributed by atoms with Crippen molar-refractivity contribution < 1.29 is 17.9 Å². The molecule has 0 unspecified atom stereocenters. The average molecular weight is 284 g/mol. The van der Waals surface area contributed by atoms with Crippen molar-refractivity contribution in [2.75, 3.05) is 11.9 Å². The molecule has 0 fully saturated rings. The molecule has 3 nitrogen and oxygen atoms in total. The lowest BCUT2D eigenvalue weighted by Crippen LogP contribution is -2.23. The maximum atomic E-state index is 12.9. The molecule has 3 rings (SSSR count). The molecule has 0 bridgehead atoms. The number of fused-ring (bicyclic) bond motifs is 2. The Kier molecular flexibility index (Phi) is 2.60. The highest BCUT2D eigenvalue weighted by molar-refractivity contribution is 7.80. The van der Waals surface area contributed by atoms with Crippen molar-refractivity contribution in [3.63, 3.8) is 0 Å². The number of alkyl halides is 3. The zero-order chi connectivity index (χ0) is 13.6. The van der Waals surface area contributed by atoms with E-state index in [4.69, 9.17) is 17.0 Å². The molecule has 2 aromatic rings. The molecule has 0 saturated heterocycles. The lowest BCUT2D eigenvalue weighted by atomic mass is 10.1. The first-order valence-electron chi connectivity index (χ1n) is 5.38. The Hall–Kier alpha value is -1.89. The first-order valence-corrected chi connectivity index (χ1v) is 5.78. The van der Waals surface area contributed by atoms with Gasteiger partial charge in [-0.05, 0) is 12.1 Å². The number of hydrogen-bond donors (Lipinski definition) is 1. The van der Waals surface area contributed by atoms with E-state index in [2.05, 4.69) is 10.3 Å². The number of halogens is 3. The van der Waals surface area contributed by atoms with Crippen LogP contribution in [0.2, 0.25) is 0 Å². The van der Waals surface area contributed by atoms with Crippen LogP contribution < -0.4 is 10.1 Å². The Labute approximate surface area is 111 Å². The summed E-state index contributed by atoms with van der Waals surface area (Å²) in [6, 6.07) is 3.80. The third kappa shape index (κ3) is 2.10. The number of nitrogens with one attached hydrogen (secondary N) is 1. The second kappa shape index (κ2) is 4.06. The van der Waals surface area contributed by atoms with Gasteiger partial charge in [-0.3, -0.25) is 4.98 Å². The average Bonchev–Trinajstić information content (AvgIpc) is 2.34. The zero-order valence-electron chi connectivity index (χ0n) is 9.41. The summed E-state index contributed by atoms with van der Waals surface area (Å²) in [4.78, 5) is 4.38. The number of nitrogens with zero attached hydrogens (tertiary/aromatic N) is 1. The van der Waals surface area contributed by atoms with E-state index in [-0.39, 0.29) is 17.5 Å². The van der Waals surface area contributed by atoms with Gasteiger partial charge in [-0.15, -0.1) is 0 Å². The van der Waals surface area contributed by atoms with Gasteiger partial charge < -0.3 is 10.1 Å². The van der Waals surface area contributed by atoms with Gasteiger partial charge in [-0.25, -0.2) is 0 Å². The zero-order valence-corrected chi connectivity index (χ0v) is 10.2. The predicted molar refractivity (Wildman–Crippen MR) is 68.5 cm³/mol. The Bertz CT molecular complexity index is 684. The molecule has 2 heterocycles. The van der Waals surface area contributed by atoms with E-state index in [1.54, 1.807) is 0 Å². The van der Waals surface area contributed by atoms with Crippen LogP contribution >= 0.6 is 12.2 Å². The minimum Gasteiger partial charge on any atom is -0.484 e. The molecule has 0 saturated carbocycles. The third-order valence-corrected chi connectivity index (χ3v) is 3.00. The first-order chi connectivity index (χ1) is 8.95. The Balaban J connectivity index is 2.27. The number of thiocarbonyl (C=S) groups is 1. The van der Waals surface area contributed by atoms with Crippen molar-refractivity contribution in [2.45, 2.75) is 6.18 Å². The molecule has 7 heteroatoms. The molecule has 98 valence electrons. The molecule has 0 amide bonds. The first kappa shape index (κ1) is 12.2. The highest BCUT2D eigenvalue weighted by Crippen LogP contribution is 2.38. The van der Waals surface area contributed by atoms with Crippen molar-refractivity contribution in [1.29, 1.82) is 0 Å². The van der Waals surface area contributed by atoms with E-state index >= 15 is 0 Å². The van der Waals surface area contributed by atoms with Gasteiger partial charge in [-0.2, -0.15) is 13.2 Å². The number of benzene rings is 1. The maximum absolute atomic E-state index is 12.9. The molecule has 0 spiro atoms. The van der Waals surface area contributed by atoms with Crippen LogP contribution in [0.25, 0.3) is 10.9 Å². The molecule has 0 atom stereocenters. The number of hydrogen-bond acceptors (Lipinski definition) is 3. The van der Waals surface area contributed by atoms with Gasteiger partial charge in [0, 0.05) is 17.6 Å². The quantitative estimate of drug-likeness (QED) is 0.752. The van der Waals surface area contributed by atoms with Crippen LogP contribution in [0.15, 0.2) is 24.4 Å². The summed E-state index contributed by atoms with van der Waals surface area (Å²) < 4.78 is 44.1. The lowest BCUT2D eigenvalue weighted by Gasteiger charge is -2.21. The van der Waals surface area contributed by atoms with Crippen LogP contribution in [0.4, 0.5) is 18.9 Å². The fourth-order valence-electron chi connectivity index (χ4n) is 1.97. The molecule has 1 aliphatic heterocycles. The number of anilines is 1. The molecule has 0 aliphatic carbocycles. The standard InChI is InChI=1S/C12H7F3N2OS/c13-12(14,15)7-1-2-16-8-4-10-9(3-6(7)8)17-11(19)5-18-10/h1-4H,5H2,(H,17,19). The van der Waals surface area contributed by atoms with Crippen molar-refractivity contribution in [2.24, 2.45) is 0 Å². The summed E-state index contributed by atoms with van der Waals surface area (Å²) in [6.07, 6.45) is -3.29. The van der Waals surface area contributed by atoms with E-state index < -0.39 is 11.7 Å². The van der Waals surface area contributed by atoms with Gasteiger partial charge in [0.1, 0.15) is 17.3 Å². The molecule has 1 aliphatic rings. The summed E-state index contributed by atoms with van der Waals surface area (Å²) in [5.74, 6) is 0.452. The monoisotopic (exact) mass is 284 g/mol. The fourth-order valence-corrected chi connectivity index (χ4v) is 2.14. The van der Waals surface area contributed by atoms with Crippen molar-refractivity contribution in [1.82, 2.24) is 4.98 Å². The maximum Gasteiger partial charge on any atom is 0.417 e. The Morgan fingerprint density at radius 1 is 1.32 bits per heavy atom. The molecule has 1 N–H and O–H groups in total. The summed E-state index contributed by atoms with van der Waals surface area (Å²) >= 11 is 4.94. The van der Waals surface area contributed by atoms with E-state index in [1.165, 1.54) is 12.1 Å². The SMILES string of the molecule is FC(F)(F)c1ccnc2cc3c(cc12)NC(=S)CO3. The van der Waals surface area contributed by atoms with Crippen molar-refractivity contribution in [3.05, 3.63) is 30.0 Å². The number of pyridine rings is 1. The smallest absolute Gasteiger partial charge is 0.417 e. The molecule has 1 aromatic carbocycles. The minimum atomic E-state index is -4.43. The molecular formula is C12H7F3N2OS. The number of rotatable bonds is 0. The second-order valence-corrected chi connectivity index (χ2v) is 4.55. The van der Waals surface area contributed by atoms with Crippen LogP contribution in [0.5, 0.6) is 5.75 Å². The third-order valence-electron chi connectivity index (χ3n) is 2.78. The van der Waals surface area contributed by atoms with Gasteiger partial charge >= 0.3 is 6.18 Å². The predicted octanol–water partition coefficient (Wildman–Crippen LogP) is 3.39. The summed E-state index contributed by atoms with van der Waals surface area (Å²) in [5, 5.41) is 2.86. The largest absolute Gasteiger partial charge is 0.484 e. The Morgan fingerprint density at radius 3 is 2.84 bits per heavy atom. The number of aromatic nitrogens is 1. The van der Waals surface area contributed by atoms with E-state index in [1.807, 2.05) is 0 Å². The van der Waals surface area contributed by atoms with Crippen LogP contribution in [-0.2, 0) is 6.18 Å². The van der Waals surface area contributed by atoms with Gasteiger partial charge in [0.15, 0.2) is 0 Å². The van der Waals surface area contributed by atoms with Gasteiger partial charge in [-0.1, -0.05) is 12.2 Å². The highest BCUT2D eigenvalue weighted by atomic mass is 32.1. The van der Waals surface area contributed by atoms with E-state index in [0.29, 0.717) is 16.4 Å². The molecule has 19 heavy (non-hydrogen) atoms. The molecular weight excluding hydrogens is 277 g/mol. The normalized spacial score (nSPS) is 14.8. The molecule has 0 radical (unpaired) electrons. The van der Waals surface area contributed by atoms with E-state index in [0.717, 1.165) is 12.3 Å². The summed E-state index contributed by atoms with van der Waals surface area (Å²) in [7, 11) is 0. The molecule has 1 aromatic heterocycles. The minimum absolute atomic E-state index is 0.0227. The van der Waals surface area contributed by atoms with Gasteiger partial charge in [0.2, 0.25) is 0 Å². The topological polar surface area (TPSA) is 34.2 Å². The van der Waals surface area contributed by atoms with Gasteiger partial charge in [0.25, 0.3) is 0 Å². The second-order valence-electron chi connectivity index (χ2n) is 4.06. The number of ether oxygens (including phenoxy) is 1. The summed E-state index contributed by atoms with van der Waals surface area (Å²) in [6.45, 7) is 0.215. The van der Waals surface area contributed by atoms with Crippen LogP contribution in [0.1, 0.15) is 5.56 Å². The van der Waals surface area contributed by atoms with Crippen LogP contribution in [-0.4, -0.2) is 16.6 Å². The highest BCUT2D eigenvalue weighted by Gasteiger charge is 2.33. The van der Waals surface area contributed by atoms with Gasteiger partial charge in [0.05, 0.1) is 16.8 Å². The fraction of sp³-hybridized carbons (Fsp3) is 0.167.